The Morgan fingerprint density at radius 3 is 1.76 bits per heavy atom. The van der Waals surface area contributed by atoms with Gasteiger partial charge in [-0.1, -0.05) is 0 Å². The van der Waals surface area contributed by atoms with Gasteiger partial charge in [0, 0.05) is 0 Å². The lowest BCUT2D eigenvalue weighted by Gasteiger charge is -2.05. The zero-order chi connectivity index (χ0) is 14.9. The lowest BCUT2D eigenvalue weighted by molar-refractivity contribution is -0.131. The van der Waals surface area contributed by atoms with Crippen molar-refractivity contribution in [2.75, 3.05) is 13.2 Å². The van der Waals surface area contributed by atoms with Crippen molar-refractivity contribution in [2.45, 2.75) is 13.1 Å². The monoisotopic (exact) mass is 292 g/mol. The summed E-state index contributed by atoms with van der Waals surface area (Å²) in [6.45, 7) is 0.212. The van der Waals surface area contributed by atoms with E-state index in [1.807, 2.05) is 0 Å². The molecule has 0 radical (unpaired) electrons. The summed E-state index contributed by atoms with van der Waals surface area (Å²) in [5.74, 6) is 0.676. The molecule has 0 fully saturated rings. The number of carbonyl (C=O) groups excluding carboxylic acids is 2. The van der Waals surface area contributed by atoms with Crippen LogP contribution in [-0.2, 0) is 27.4 Å². The fraction of sp³-hybridized carbons (Fsp3) is 0.286. The highest BCUT2D eigenvalue weighted by Crippen LogP contribution is 1.99. The van der Waals surface area contributed by atoms with E-state index in [0.29, 0.717) is 24.6 Å². The third-order valence-corrected chi connectivity index (χ3v) is 2.55. The van der Waals surface area contributed by atoms with Crippen LogP contribution in [0, 0.1) is 0 Å². The van der Waals surface area contributed by atoms with Crippen LogP contribution in [0.5, 0.6) is 0 Å². The Morgan fingerprint density at radius 2 is 1.38 bits per heavy atom. The third-order valence-electron chi connectivity index (χ3n) is 2.55. The van der Waals surface area contributed by atoms with Gasteiger partial charge >= 0.3 is 0 Å². The largest absolute Gasteiger partial charge is 0.467 e. The van der Waals surface area contributed by atoms with Crippen molar-refractivity contribution >= 4 is 11.8 Å². The molecule has 112 valence electrons. The van der Waals surface area contributed by atoms with Gasteiger partial charge in [-0.05, 0) is 24.3 Å². The average molecular weight is 292 g/mol. The Labute approximate surface area is 121 Å². The summed E-state index contributed by atoms with van der Waals surface area (Å²) in [5, 5.41) is 5.22. The van der Waals surface area contributed by atoms with E-state index in [0.717, 1.165) is 0 Å². The van der Waals surface area contributed by atoms with Crippen LogP contribution in [0.1, 0.15) is 11.5 Å². The molecule has 2 N–H and O–H groups in total. The topological polar surface area (TPSA) is 93.7 Å². The molecule has 0 aromatic carbocycles. The van der Waals surface area contributed by atoms with Gasteiger partial charge in [-0.3, -0.25) is 9.59 Å². The minimum atomic E-state index is -0.315. The molecule has 7 heteroatoms. The maximum Gasteiger partial charge on any atom is 0.246 e. The summed E-state index contributed by atoms with van der Waals surface area (Å²) in [7, 11) is 0. The molecule has 2 heterocycles. The predicted molar refractivity (Wildman–Crippen MR) is 71.9 cm³/mol. The molecule has 0 spiro atoms. The van der Waals surface area contributed by atoms with Crippen LogP contribution in [0.4, 0.5) is 0 Å². The zero-order valence-corrected chi connectivity index (χ0v) is 11.3. The van der Waals surface area contributed by atoms with Crippen LogP contribution >= 0.6 is 0 Å². The summed E-state index contributed by atoms with van der Waals surface area (Å²) >= 11 is 0. The van der Waals surface area contributed by atoms with Gasteiger partial charge in [0.25, 0.3) is 0 Å². The Kier molecular flexibility index (Phi) is 5.60. The SMILES string of the molecule is O=C(COCC(=O)NCc1ccco1)NCc1ccco1. The second-order valence-electron chi connectivity index (χ2n) is 4.20. The Balaban J connectivity index is 1.53. The van der Waals surface area contributed by atoms with Crippen LogP contribution in [-0.4, -0.2) is 25.0 Å². The van der Waals surface area contributed by atoms with Gasteiger partial charge < -0.3 is 24.2 Å². The van der Waals surface area contributed by atoms with Crippen molar-refractivity contribution in [3.05, 3.63) is 48.3 Å². The van der Waals surface area contributed by atoms with Gasteiger partial charge in [0.2, 0.25) is 11.8 Å². The number of nitrogens with one attached hydrogen (secondary N) is 2. The highest BCUT2D eigenvalue weighted by molar-refractivity contribution is 5.79. The third kappa shape index (κ3) is 5.53. The van der Waals surface area contributed by atoms with E-state index >= 15 is 0 Å². The molecular weight excluding hydrogens is 276 g/mol. The van der Waals surface area contributed by atoms with Gasteiger partial charge in [-0.2, -0.15) is 0 Å². The minimum Gasteiger partial charge on any atom is -0.467 e. The summed E-state index contributed by atoms with van der Waals surface area (Å²) in [6.07, 6.45) is 3.06. The van der Waals surface area contributed by atoms with E-state index in [1.165, 1.54) is 12.5 Å². The fourth-order valence-corrected chi connectivity index (χ4v) is 1.54. The molecule has 21 heavy (non-hydrogen) atoms. The number of furan rings is 2. The van der Waals surface area contributed by atoms with Gasteiger partial charge in [-0.15, -0.1) is 0 Å². The number of ether oxygens (including phenoxy) is 1. The van der Waals surface area contributed by atoms with Gasteiger partial charge in [0.1, 0.15) is 24.7 Å². The van der Waals surface area contributed by atoms with E-state index in [2.05, 4.69) is 10.6 Å². The smallest absolute Gasteiger partial charge is 0.246 e. The first-order chi connectivity index (χ1) is 10.2. The lowest BCUT2D eigenvalue weighted by Crippen LogP contribution is -2.31. The highest BCUT2D eigenvalue weighted by Gasteiger charge is 2.06. The van der Waals surface area contributed by atoms with E-state index in [-0.39, 0.29) is 25.0 Å². The Bertz CT molecular complexity index is 498. The first-order valence-corrected chi connectivity index (χ1v) is 6.40. The summed E-state index contributed by atoms with van der Waals surface area (Å²) in [4.78, 5) is 22.9. The van der Waals surface area contributed by atoms with Gasteiger partial charge in [0.05, 0.1) is 25.6 Å². The van der Waals surface area contributed by atoms with E-state index < -0.39 is 0 Å². The zero-order valence-electron chi connectivity index (χ0n) is 11.3. The Hall–Kier alpha value is -2.54. The summed E-state index contributed by atoms with van der Waals surface area (Å²) in [5.41, 5.74) is 0. The first-order valence-electron chi connectivity index (χ1n) is 6.40. The van der Waals surface area contributed by atoms with Crippen molar-refractivity contribution in [1.29, 1.82) is 0 Å². The molecule has 2 aromatic rings. The molecule has 7 nitrogen and oxygen atoms in total. The van der Waals surface area contributed by atoms with Gasteiger partial charge in [0.15, 0.2) is 0 Å². The van der Waals surface area contributed by atoms with Crippen LogP contribution in [0.3, 0.4) is 0 Å². The molecule has 0 bridgehead atoms. The average Bonchev–Trinajstić information content (AvgIpc) is 3.16. The van der Waals surface area contributed by atoms with Crippen LogP contribution < -0.4 is 10.6 Å². The second kappa shape index (κ2) is 7.91. The molecule has 0 saturated carbocycles. The lowest BCUT2D eigenvalue weighted by atomic mass is 10.4. The number of rotatable bonds is 8. The van der Waals surface area contributed by atoms with Crippen molar-refractivity contribution in [3.63, 3.8) is 0 Å². The second-order valence-corrected chi connectivity index (χ2v) is 4.20. The first kappa shape index (κ1) is 14.9. The van der Waals surface area contributed by atoms with Crippen molar-refractivity contribution in [1.82, 2.24) is 10.6 Å². The number of hydrogen-bond donors (Lipinski definition) is 2. The molecule has 2 aromatic heterocycles. The molecular formula is C14H16N2O5. The van der Waals surface area contributed by atoms with Crippen molar-refractivity contribution < 1.29 is 23.2 Å². The van der Waals surface area contributed by atoms with Crippen LogP contribution in [0.25, 0.3) is 0 Å². The van der Waals surface area contributed by atoms with E-state index in [4.69, 9.17) is 13.6 Å². The molecule has 0 aliphatic rings. The summed E-state index contributed by atoms with van der Waals surface area (Å²) in [6, 6.07) is 6.98. The number of hydrogen-bond acceptors (Lipinski definition) is 5. The maximum atomic E-state index is 11.4. The molecule has 0 aliphatic carbocycles. The quantitative estimate of drug-likeness (QED) is 0.751. The molecule has 2 rings (SSSR count). The number of amides is 2. The predicted octanol–water partition coefficient (Wildman–Crippen LogP) is 0.822. The number of carbonyl (C=O) groups is 2. The standard InChI is InChI=1S/C14H16N2O5/c17-13(15-7-11-3-1-5-20-11)9-19-10-14(18)16-8-12-4-2-6-21-12/h1-6H,7-10H2,(H,15,17)(H,16,18). The highest BCUT2D eigenvalue weighted by atomic mass is 16.5. The summed E-state index contributed by atoms with van der Waals surface area (Å²) < 4.78 is 15.1. The maximum absolute atomic E-state index is 11.4. The van der Waals surface area contributed by atoms with Crippen molar-refractivity contribution in [3.8, 4) is 0 Å². The van der Waals surface area contributed by atoms with Crippen LogP contribution in [0.2, 0.25) is 0 Å². The Morgan fingerprint density at radius 1 is 0.905 bits per heavy atom. The van der Waals surface area contributed by atoms with E-state index in [1.54, 1.807) is 24.3 Å². The minimum absolute atomic E-state index is 0.186. The van der Waals surface area contributed by atoms with Crippen molar-refractivity contribution in [2.24, 2.45) is 0 Å². The molecule has 0 aliphatic heterocycles. The van der Waals surface area contributed by atoms with Crippen LogP contribution in [0.15, 0.2) is 45.6 Å². The molecule has 0 atom stereocenters. The van der Waals surface area contributed by atoms with E-state index in [9.17, 15) is 9.59 Å². The normalized spacial score (nSPS) is 10.3. The molecule has 0 saturated heterocycles. The van der Waals surface area contributed by atoms with Gasteiger partial charge in [-0.25, -0.2) is 0 Å². The molecule has 2 amide bonds. The fourth-order valence-electron chi connectivity index (χ4n) is 1.54. The molecule has 0 unspecified atom stereocenters.